The van der Waals surface area contributed by atoms with E-state index in [1.165, 1.54) is 12.3 Å². The Labute approximate surface area is 109 Å². The number of hydrazine groups is 1. The van der Waals surface area contributed by atoms with Gasteiger partial charge in [-0.15, -0.1) is 0 Å². The molecule has 0 saturated carbocycles. The van der Waals surface area contributed by atoms with Crippen LogP contribution in [0.5, 0.6) is 5.75 Å². The molecule has 1 aromatic carbocycles. The summed E-state index contributed by atoms with van der Waals surface area (Å²) >= 11 is 0. The number of amides is 1. The van der Waals surface area contributed by atoms with Crippen LogP contribution in [0.25, 0.3) is 0 Å². The summed E-state index contributed by atoms with van der Waals surface area (Å²) < 4.78 is 5.00. The van der Waals surface area contributed by atoms with E-state index in [2.05, 4.69) is 15.8 Å². The lowest BCUT2D eigenvalue weighted by Crippen LogP contribution is -2.32. The number of aromatic nitrogens is 1. The Morgan fingerprint density at radius 1 is 1.21 bits per heavy atom. The summed E-state index contributed by atoms with van der Waals surface area (Å²) in [5.41, 5.74) is 5.82. The number of para-hydroxylation sites is 1. The molecule has 6 heteroatoms. The van der Waals surface area contributed by atoms with Gasteiger partial charge in [0.2, 0.25) is 0 Å². The fourth-order valence-electron chi connectivity index (χ4n) is 1.28. The highest BCUT2D eigenvalue weighted by molar-refractivity contribution is 5.72. The summed E-state index contributed by atoms with van der Waals surface area (Å²) in [6.45, 7) is 0. The number of carbonyl (C=O) groups excluding carboxylic acids is 1. The number of ether oxygens (including phenoxy) is 1. The fourth-order valence-corrected chi connectivity index (χ4v) is 1.28. The molecular formula is C13H10N4O2. The molecule has 1 aromatic heterocycles. The van der Waals surface area contributed by atoms with Gasteiger partial charge in [-0.2, -0.15) is 5.26 Å². The van der Waals surface area contributed by atoms with E-state index in [9.17, 15) is 4.79 Å². The Kier molecular flexibility index (Phi) is 3.93. The van der Waals surface area contributed by atoms with Gasteiger partial charge in [-0.05, 0) is 24.3 Å². The molecule has 6 nitrogen and oxygen atoms in total. The zero-order valence-electron chi connectivity index (χ0n) is 9.83. The summed E-state index contributed by atoms with van der Waals surface area (Å²) in [6, 6.07) is 13.7. The third-order valence-electron chi connectivity index (χ3n) is 2.14. The highest BCUT2D eigenvalue weighted by Gasteiger charge is 2.03. The van der Waals surface area contributed by atoms with Gasteiger partial charge in [0, 0.05) is 0 Å². The Morgan fingerprint density at radius 3 is 2.63 bits per heavy atom. The number of nitrogens with one attached hydrogen (secondary N) is 2. The van der Waals surface area contributed by atoms with Crippen molar-refractivity contribution in [1.82, 2.24) is 10.4 Å². The normalized spacial score (nSPS) is 9.21. The molecule has 1 heterocycles. The summed E-state index contributed by atoms with van der Waals surface area (Å²) in [4.78, 5) is 15.3. The van der Waals surface area contributed by atoms with Crippen LogP contribution in [-0.4, -0.2) is 11.1 Å². The van der Waals surface area contributed by atoms with Gasteiger partial charge in [-0.25, -0.2) is 15.2 Å². The van der Waals surface area contributed by atoms with Crippen molar-refractivity contribution >= 4 is 11.8 Å². The largest absolute Gasteiger partial charge is 0.431 e. The molecule has 0 fully saturated rings. The minimum Gasteiger partial charge on any atom is -0.409 e. The number of benzene rings is 1. The van der Waals surface area contributed by atoms with Gasteiger partial charge >= 0.3 is 6.09 Å². The first-order valence-electron chi connectivity index (χ1n) is 5.43. The summed E-state index contributed by atoms with van der Waals surface area (Å²) in [5.74, 6) is 0.444. The smallest absolute Gasteiger partial charge is 0.409 e. The molecule has 0 aliphatic heterocycles. The van der Waals surface area contributed by atoms with Crippen LogP contribution in [0, 0.1) is 11.3 Å². The van der Waals surface area contributed by atoms with Gasteiger partial charge in [0.1, 0.15) is 17.5 Å². The van der Waals surface area contributed by atoms with E-state index in [0.717, 1.165) is 0 Å². The number of carbonyl (C=O) groups is 1. The van der Waals surface area contributed by atoms with Gasteiger partial charge < -0.3 is 4.74 Å². The third kappa shape index (κ3) is 3.71. The number of pyridine rings is 1. The van der Waals surface area contributed by atoms with Crippen LogP contribution in [-0.2, 0) is 0 Å². The van der Waals surface area contributed by atoms with Crippen LogP contribution in [0.1, 0.15) is 5.69 Å². The van der Waals surface area contributed by atoms with Crippen LogP contribution in [0.15, 0.2) is 48.7 Å². The van der Waals surface area contributed by atoms with Gasteiger partial charge in [0.15, 0.2) is 0 Å². The highest BCUT2D eigenvalue weighted by atomic mass is 16.6. The number of nitriles is 1. The van der Waals surface area contributed by atoms with E-state index < -0.39 is 6.09 Å². The first-order valence-corrected chi connectivity index (χ1v) is 5.43. The van der Waals surface area contributed by atoms with Crippen LogP contribution in [0.3, 0.4) is 0 Å². The lowest BCUT2D eigenvalue weighted by Gasteiger charge is -2.08. The van der Waals surface area contributed by atoms with E-state index in [1.54, 1.807) is 30.3 Å². The second-order valence-corrected chi connectivity index (χ2v) is 3.50. The topological polar surface area (TPSA) is 87.0 Å². The lowest BCUT2D eigenvalue weighted by atomic mass is 10.3. The average Bonchev–Trinajstić information content (AvgIpc) is 2.47. The molecule has 0 bridgehead atoms. The quantitative estimate of drug-likeness (QED) is 0.819. The van der Waals surface area contributed by atoms with Gasteiger partial charge in [0.25, 0.3) is 0 Å². The van der Waals surface area contributed by atoms with E-state index >= 15 is 0 Å². The summed E-state index contributed by atoms with van der Waals surface area (Å²) in [6.07, 6.45) is 0.789. The highest BCUT2D eigenvalue weighted by Crippen LogP contribution is 2.08. The molecule has 0 saturated heterocycles. The lowest BCUT2D eigenvalue weighted by molar-refractivity contribution is 0.203. The number of hydrogen-bond donors (Lipinski definition) is 2. The monoisotopic (exact) mass is 254 g/mol. The first-order chi connectivity index (χ1) is 9.28. The Hall–Kier alpha value is -3.07. The van der Waals surface area contributed by atoms with Crippen molar-refractivity contribution < 1.29 is 9.53 Å². The number of rotatable bonds is 3. The Morgan fingerprint density at radius 2 is 2.00 bits per heavy atom. The second kappa shape index (κ2) is 6.02. The van der Waals surface area contributed by atoms with Crippen LogP contribution in [0.2, 0.25) is 0 Å². The van der Waals surface area contributed by atoms with Crippen LogP contribution < -0.4 is 15.6 Å². The van der Waals surface area contributed by atoms with Crippen molar-refractivity contribution in [3.05, 3.63) is 54.4 Å². The number of hydrogen-bond acceptors (Lipinski definition) is 5. The minimum absolute atomic E-state index is 0.303. The molecule has 0 atom stereocenters. The number of nitrogens with zero attached hydrogens (tertiary/aromatic N) is 2. The summed E-state index contributed by atoms with van der Waals surface area (Å²) in [5, 5.41) is 8.59. The van der Waals surface area contributed by atoms with Gasteiger partial charge in [-0.3, -0.25) is 5.43 Å². The van der Waals surface area contributed by atoms with Crippen molar-refractivity contribution in [1.29, 1.82) is 5.26 Å². The van der Waals surface area contributed by atoms with Crippen LogP contribution in [0.4, 0.5) is 10.5 Å². The minimum atomic E-state index is -0.643. The molecule has 2 N–H and O–H groups in total. The standard InChI is InChI=1S/C13H10N4O2/c14-8-10-6-7-11(9-15-10)16-17-13(18)19-12-4-2-1-3-5-12/h1-7,9,16H,(H,17,18). The second-order valence-electron chi connectivity index (χ2n) is 3.50. The summed E-state index contributed by atoms with van der Waals surface area (Å²) in [7, 11) is 0. The van der Waals surface area contributed by atoms with E-state index in [4.69, 9.17) is 10.00 Å². The van der Waals surface area contributed by atoms with E-state index in [1.807, 2.05) is 12.1 Å². The van der Waals surface area contributed by atoms with Crippen molar-refractivity contribution in [2.45, 2.75) is 0 Å². The Bertz CT molecular complexity index is 590. The van der Waals surface area contributed by atoms with Crippen molar-refractivity contribution in [3.8, 4) is 11.8 Å². The van der Waals surface area contributed by atoms with Crippen molar-refractivity contribution in [2.24, 2.45) is 0 Å². The molecule has 0 unspecified atom stereocenters. The fraction of sp³-hybridized carbons (Fsp3) is 0. The average molecular weight is 254 g/mol. The molecular weight excluding hydrogens is 244 g/mol. The first kappa shape index (κ1) is 12.4. The van der Waals surface area contributed by atoms with Crippen molar-refractivity contribution in [3.63, 3.8) is 0 Å². The Balaban J connectivity index is 1.85. The van der Waals surface area contributed by atoms with Gasteiger partial charge in [0.05, 0.1) is 11.9 Å². The molecule has 94 valence electrons. The molecule has 1 amide bonds. The molecule has 2 aromatic rings. The third-order valence-corrected chi connectivity index (χ3v) is 2.14. The predicted octanol–water partition coefficient (Wildman–Crippen LogP) is 2.07. The molecule has 19 heavy (non-hydrogen) atoms. The maximum absolute atomic E-state index is 11.4. The molecule has 0 spiro atoms. The molecule has 0 radical (unpaired) electrons. The van der Waals surface area contributed by atoms with E-state index in [0.29, 0.717) is 17.1 Å². The van der Waals surface area contributed by atoms with Gasteiger partial charge in [-0.1, -0.05) is 18.2 Å². The van der Waals surface area contributed by atoms with Crippen LogP contribution >= 0.6 is 0 Å². The SMILES string of the molecule is N#Cc1ccc(NNC(=O)Oc2ccccc2)cn1. The maximum atomic E-state index is 11.4. The zero-order chi connectivity index (χ0) is 13.5. The maximum Gasteiger partial charge on any atom is 0.431 e. The van der Waals surface area contributed by atoms with E-state index in [-0.39, 0.29) is 0 Å². The molecule has 2 rings (SSSR count). The van der Waals surface area contributed by atoms with Crippen molar-refractivity contribution in [2.75, 3.05) is 5.43 Å². The zero-order valence-corrected chi connectivity index (χ0v) is 9.83. The number of anilines is 1. The predicted molar refractivity (Wildman–Crippen MR) is 68.2 cm³/mol. The molecule has 0 aliphatic rings. The molecule has 0 aliphatic carbocycles.